The Morgan fingerprint density at radius 3 is 1.28 bits per heavy atom. The lowest BCUT2D eigenvalue weighted by Gasteiger charge is -2.18. The van der Waals surface area contributed by atoms with Crippen LogP contribution in [0.15, 0.2) is 72.9 Å². The maximum atomic E-state index is 12.7. The first kappa shape index (κ1) is 55.3. The highest BCUT2D eigenvalue weighted by atomic mass is 16.6. The molecule has 0 bridgehead atoms. The molecule has 0 aliphatic heterocycles. The van der Waals surface area contributed by atoms with Crippen molar-refractivity contribution < 1.29 is 23.8 Å². The summed E-state index contributed by atoms with van der Waals surface area (Å²) < 4.78 is 17.2. The van der Waals surface area contributed by atoms with Gasteiger partial charge in [0.15, 0.2) is 6.10 Å². The Hall–Kier alpha value is -2.66. The Kier molecular flexibility index (Phi) is 46.5. The molecule has 0 heterocycles. The second-order valence-electron chi connectivity index (χ2n) is 16.0. The minimum absolute atomic E-state index is 0.0648. The van der Waals surface area contributed by atoms with Crippen LogP contribution in [0, 0.1) is 0 Å². The lowest BCUT2D eigenvalue weighted by Crippen LogP contribution is -2.30. The number of ether oxygens (including phenoxy) is 3. The van der Waals surface area contributed by atoms with Gasteiger partial charge in [-0.15, -0.1) is 0 Å². The van der Waals surface area contributed by atoms with Gasteiger partial charge in [0.1, 0.15) is 6.61 Å². The number of rotatable bonds is 44. The summed E-state index contributed by atoms with van der Waals surface area (Å²) in [5.41, 5.74) is 0. The minimum Gasteiger partial charge on any atom is -0.462 e. The van der Waals surface area contributed by atoms with Gasteiger partial charge in [-0.1, -0.05) is 196 Å². The highest BCUT2D eigenvalue weighted by Crippen LogP contribution is 2.13. The average Bonchev–Trinajstić information content (AvgIpc) is 3.22. The summed E-state index contributed by atoms with van der Waals surface area (Å²) in [4.78, 5) is 25.2. The van der Waals surface area contributed by atoms with Gasteiger partial charge in [0.2, 0.25) is 0 Å². The van der Waals surface area contributed by atoms with Crippen LogP contribution in [0.2, 0.25) is 0 Å². The SMILES string of the molecule is CC/C=C\C/C=C\C/C=C\C/C=C\C/C=C\CCCCCC(=O)OCC(COCCCCCCCC)OC(=O)CCCCCCCCC/C=C\CCCCCCCC. The molecule has 0 saturated heterocycles. The normalized spacial score (nSPS) is 12.8. The van der Waals surface area contributed by atoms with Crippen LogP contribution in [-0.2, 0) is 23.8 Å². The van der Waals surface area contributed by atoms with Gasteiger partial charge >= 0.3 is 11.9 Å². The third kappa shape index (κ3) is 46.0. The first-order chi connectivity index (χ1) is 28.6. The van der Waals surface area contributed by atoms with Crippen LogP contribution in [0.5, 0.6) is 0 Å². The van der Waals surface area contributed by atoms with Crippen molar-refractivity contribution in [2.24, 2.45) is 0 Å². The van der Waals surface area contributed by atoms with Crippen LogP contribution in [0.3, 0.4) is 0 Å². The number of carbonyl (C=O) groups excluding carboxylic acids is 2. The smallest absolute Gasteiger partial charge is 0.306 e. The number of hydrogen-bond acceptors (Lipinski definition) is 5. The fourth-order valence-electron chi connectivity index (χ4n) is 6.59. The Morgan fingerprint density at radius 2 is 0.776 bits per heavy atom. The fourth-order valence-corrected chi connectivity index (χ4v) is 6.59. The quantitative estimate of drug-likeness (QED) is 0.0348. The van der Waals surface area contributed by atoms with Gasteiger partial charge in [0.05, 0.1) is 6.61 Å². The van der Waals surface area contributed by atoms with Crippen molar-refractivity contribution in [1.82, 2.24) is 0 Å². The summed E-state index contributed by atoms with van der Waals surface area (Å²) in [6, 6.07) is 0. The van der Waals surface area contributed by atoms with Crippen LogP contribution in [0.1, 0.15) is 226 Å². The molecule has 0 amide bonds. The van der Waals surface area contributed by atoms with Crippen molar-refractivity contribution in [2.75, 3.05) is 19.8 Å². The molecule has 0 N–H and O–H groups in total. The van der Waals surface area contributed by atoms with Crippen LogP contribution in [-0.4, -0.2) is 37.9 Å². The van der Waals surface area contributed by atoms with Crippen LogP contribution in [0.25, 0.3) is 0 Å². The van der Waals surface area contributed by atoms with E-state index in [2.05, 4.69) is 93.7 Å². The van der Waals surface area contributed by atoms with E-state index in [1.54, 1.807) is 0 Å². The molecular formula is C53H92O5. The van der Waals surface area contributed by atoms with E-state index in [9.17, 15) is 9.59 Å². The fraction of sp³-hybridized carbons (Fsp3) is 0.736. The number of unbranched alkanes of at least 4 members (excludes halogenated alkanes) is 21. The van der Waals surface area contributed by atoms with Crippen LogP contribution in [0.4, 0.5) is 0 Å². The lowest BCUT2D eigenvalue weighted by molar-refractivity contribution is -0.163. The third-order valence-corrected chi connectivity index (χ3v) is 10.2. The predicted octanol–water partition coefficient (Wildman–Crippen LogP) is 16.3. The largest absolute Gasteiger partial charge is 0.462 e. The molecule has 5 nitrogen and oxygen atoms in total. The number of hydrogen-bond donors (Lipinski definition) is 0. The van der Waals surface area contributed by atoms with E-state index in [0.717, 1.165) is 89.9 Å². The summed E-state index contributed by atoms with van der Waals surface area (Å²) >= 11 is 0. The molecule has 0 rings (SSSR count). The molecule has 0 aromatic carbocycles. The van der Waals surface area contributed by atoms with Crippen LogP contribution >= 0.6 is 0 Å². The zero-order valence-electron chi connectivity index (χ0n) is 38.3. The Bertz CT molecular complexity index is 1050. The molecule has 0 aliphatic carbocycles. The topological polar surface area (TPSA) is 61.8 Å². The number of esters is 2. The number of carbonyl (C=O) groups is 2. The molecule has 0 saturated carbocycles. The Morgan fingerprint density at radius 1 is 0.397 bits per heavy atom. The number of allylic oxidation sites excluding steroid dienone is 12. The minimum atomic E-state index is -0.549. The maximum absolute atomic E-state index is 12.7. The average molecular weight is 809 g/mol. The standard InChI is InChI=1S/C53H92O5/c1-4-7-10-13-16-18-20-22-24-26-27-29-30-32-34-36-38-40-43-46-52(54)57-50-51(49-56-48-45-42-15-12-9-6-3)58-53(55)47-44-41-39-37-35-33-31-28-25-23-21-19-17-14-11-8-5-2/h7,10,16,18,22-25,27,29,32,34,51H,4-6,8-9,11-15,17,19-21,26,28,30-31,33,35-50H2,1-3H3/b10-7-,18-16-,24-22-,25-23-,29-27-,34-32-. The molecule has 5 heteroatoms. The summed E-state index contributed by atoms with van der Waals surface area (Å²) in [7, 11) is 0. The first-order valence-corrected chi connectivity index (χ1v) is 24.5. The molecular weight excluding hydrogens is 717 g/mol. The van der Waals surface area contributed by atoms with Crippen molar-refractivity contribution in [3.05, 3.63) is 72.9 Å². The molecule has 0 aromatic rings. The lowest BCUT2D eigenvalue weighted by atomic mass is 10.1. The van der Waals surface area contributed by atoms with Gasteiger partial charge in [-0.25, -0.2) is 0 Å². The highest BCUT2D eigenvalue weighted by Gasteiger charge is 2.17. The van der Waals surface area contributed by atoms with Crippen molar-refractivity contribution in [1.29, 1.82) is 0 Å². The summed E-state index contributed by atoms with van der Waals surface area (Å²) in [5, 5.41) is 0. The van der Waals surface area contributed by atoms with Gasteiger partial charge in [0, 0.05) is 19.4 Å². The molecule has 0 aliphatic rings. The predicted molar refractivity (Wildman–Crippen MR) is 251 cm³/mol. The van der Waals surface area contributed by atoms with E-state index < -0.39 is 6.10 Å². The summed E-state index contributed by atoms with van der Waals surface area (Å²) in [6.07, 6.45) is 62.0. The van der Waals surface area contributed by atoms with Crippen molar-refractivity contribution >= 4 is 11.9 Å². The molecule has 0 fully saturated rings. The van der Waals surface area contributed by atoms with Gasteiger partial charge in [-0.05, 0) is 89.9 Å². The Labute approximate surface area is 359 Å². The highest BCUT2D eigenvalue weighted by molar-refractivity contribution is 5.70. The van der Waals surface area contributed by atoms with Crippen molar-refractivity contribution in [3.8, 4) is 0 Å². The monoisotopic (exact) mass is 809 g/mol. The van der Waals surface area contributed by atoms with E-state index in [-0.39, 0.29) is 25.2 Å². The molecule has 0 aromatic heterocycles. The van der Waals surface area contributed by atoms with Crippen LogP contribution < -0.4 is 0 Å². The first-order valence-electron chi connectivity index (χ1n) is 24.5. The molecule has 0 spiro atoms. The van der Waals surface area contributed by atoms with Gasteiger partial charge in [-0.2, -0.15) is 0 Å². The van der Waals surface area contributed by atoms with Gasteiger partial charge in [0.25, 0.3) is 0 Å². The maximum Gasteiger partial charge on any atom is 0.306 e. The van der Waals surface area contributed by atoms with Gasteiger partial charge < -0.3 is 14.2 Å². The molecule has 1 atom stereocenters. The van der Waals surface area contributed by atoms with E-state index in [4.69, 9.17) is 14.2 Å². The van der Waals surface area contributed by atoms with Crippen molar-refractivity contribution in [2.45, 2.75) is 232 Å². The molecule has 1 unspecified atom stereocenters. The van der Waals surface area contributed by atoms with E-state index >= 15 is 0 Å². The summed E-state index contributed by atoms with van der Waals surface area (Å²) in [6.45, 7) is 7.64. The summed E-state index contributed by atoms with van der Waals surface area (Å²) in [5.74, 6) is -0.442. The second-order valence-corrected chi connectivity index (χ2v) is 16.0. The second kappa shape index (κ2) is 48.7. The zero-order valence-corrected chi connectivity index (χ0v) is 38.3. The van der Waals surface area contributed by atoms with Crippen molar-refractivity contribution in [3.63, 3.8) is 0 Å². The third-order valence-electron chi connectivity index (χ3n) is 10.2. The van der Waals surface area contributed by atoms with E-state index in [1.165, 1.54) is 103 Å². The van der Waals surface area contributed by atoms with E-state index in [1.807, 2.05) is 0 Å². The molecule has 0 radical (unpaired) electrons. The molecule has 334 valence electrons. The Balaban J connectivity index is 4.17. The molecule has 58 heavy (non-hydrogen) atoms. The zero-order chi connectivity index (χ0) is 42.1. The van der Waals surface area contributed by atoms with E-state index in [0.29, 0.717) is 19.4 Å². The van der Waals surface area contributed by atoms with Gasteiger partial charge in [-0.3, -0.25) is 9.59 Å².